The number of anilines is 1. The molecule has 0 bridgehead atoms. The fourth-order valence-corrected chi connectivity index (χ4v) is 2.61. The number of nitrogens with zero attached hydrogens (tertiary/aromatic N) is 1. The van der Waals surface area contributed by atoms with E-state index in [1.165, 1.54) is 12.8 Å². The second-order valence-corrected chi connectivity index (χ2v) is 5.36. The van der Waals surface area contributed by atoms with E-state index in [4.69, 9.17) is 23.2 Å². The van der Waals surface area contributed by atoms with E-state index < -0.39 is 0 Å². The van der Waals surface area contributed by atoms with Crippen LogP contribution in [0.15, 0.2) is 18.2 Å². The Morgan fingerprint density at radius 2 is 2.00 bits per heavy atom. The van der Waals surface area contributed by atoms with Crippen LogP contribution in [0.1, 0.15) is 45.6 Å². The molecule has 0 aliphatic heterocycles. The maximum absolute atomic E-state index is 6.38. The molecule has 1 rings (SSSR count). The van der Waals surface area contributed by atoms with E-state index in [9.17, 15) is 0 Å². The van der Waals surface area contributed by atoms with E-state index in [0.717, 1.165) is 29.2 Å². The molecule has 1 aromatic carbocycles. The van der Waals surface area contributed by atoms with Crippen LogP contribution in [0.2, 0.25) is 5.02 Å². The van der Waals surface area contributed by atoms with Gasteiger partial charge >= 0.3 is 0 Å². The molecular formula is C15H23Cl2N. The molecule has 0 spiro atoms. The molecular weight excluding hydrogens is 265 g/mol. The van der Waals surface area contributed by atoms with Gasteiger partial charge < -0.3 is 4.90 Å². The van der Waals surface area contributed by atoms with Gasteiger partial charge in [0.15, 0.2) is 0 Å². The summed E-state index contributed by atoms with van der Waals surface area (Å²) in [5.41, 5.74) is 2.25. The first-order chi connectivity index (χ1) is 8.65. The fourth-order valence-electron chi connectivity index (χ4n) is 2.09. The van der Waals surface area contributed by atoms with Gasteiger partial charge in [-0.1, -0.05) is 44.0 Å². The minimum absolute atomic E-state index is 0.485. The van der Waals surface area contributed by atoms with Crippen LogP contribution in [0.5, 0.6) is 0 Å². The van der Waals surface area contributed by atoms with Gasteiger partial charge in [-0.2, -0.15) is 0 Å². The van der Waals surface area contributed by atoms with Gasteiger partial charge in [-0.15, -0.1) is 11.6 Å². The van der Waals surface area contributed by atoms with Crippen LogP contribution in [-0.2, 0) is 5.88 Å². The summed E-state index contributed by atoms with van der Waals surface area (Å²) < 4.78 is 0. The van der Waals surface area contributed by atoms with Gasteiger partial charge in [0, 0.05) is 18.5 Å². The lowest BCUT2D eigenvalue weighted by Gasteiger charge is -2.33. The SMILES string of the molecule is CCCCN(c1c(Cl)cccc1CCl)C(C)CC. The van der Waals surface area contributed by atoms with Crippen molar-refractivity contribution in [2.24, 2.45) is 0 Å². The maximum atomic E-state index is 6.38. The monoisotopic (exact) mass is 287 g/mol. The largest absolute Gasteiger partial charge is 0.367 e. The Morgan fingerprint density at radius 3 is 2.56 bits per heavy atom. The van der Waals surface area contributed by atoms with Crippen molar-refractivity contribution in [2.75, 3.05) is 11.4 Å². The number of rotatable bonds is 7. The second kappa shape index (κ2) is 7.91. The first-order valence-electron chi connectivity index (χ1n) is 6.75. The third-order valence-electron chi connectivity index (χ3n) is 3.38. The molecule has 18 heavy (non-hydrogen) atoms. The first-order valence-corrected chi connectivity index (χ1v) is 7.66. The number of halogens is 2. The number of benzene rings is 1. The van der Waals surface area contributed by atoms with E-state index in [2.05, 4.69) is 31.7 Å². The zero-order chi connectivity index (χ0) is 13.5. The number of hydrogen-bond acceptors (Lipinski definition) is 1. The van der Waals surface area contributed by atoms with Crippen LogP contribution in [0.3, 0.4) is 0 Å². The zero-order valence-corrected chi connectivity index (χ0v) is 13.1. The smallest absolute Gasteiger partial charge is 0.0642 e. The molecule has 0 aliphatic rings. The van der Waals surface area contributed by atoms with Crippen molar-refractivity contribution in [3.05, 3.63) is 28.8 Å². The van der Waals surface area contributed by atoms with Crippen molar-refractivity contribution in [1.29, 1.82) is 0 Å². The molecule has 0 aliphatic carbocycles. The Kier molecular flexibility index (Phi) is 6.88. The molecule has 1 aromatic rings. The molecule has 0 saturated heterocycles. The second-order valence-electron chi connectivity index (χ2n) is 4.69. The van der Waals surface area contributed by atoms with Gasteiger partial charge in [0.2, 0.25) is 0 Å². The highest BCUT2D eigenvalue weighted by Gasteiger charge is 2.18. The highest BCUT2D eigenvalue weighted by Crippen LogP contribution is 2.33. The standard InChI is InChI=1S/C15H23Cl2N/c1-4-6-10-18(12(3)5-2)15-13(11-16)8-7-9-14(15)17/h7-9,12H,4-6,10-11H2,1-3H3. The Labute approximate surface area is 121 Å². The quantitative estimate of drug-likeness (QED) is 0.600. The molecule has 1 atom stereocenters. The molecule has 0 fully saturated rings. The average Bonchev–Trinajstić information content (AvgIpc) is 2.39. The summed E-state index contributed by atoms with van der Waals surface area (Å²) in [4.78, 5) is 2.41. The van der Waals surface area contributed by atoms with Gasteiger partial charge in [0.05, 0.1) is 10.7 Å². The molecule has 102 valence electrons. The van der Waals surface area contributed by atoms with Crippen molar-refractivity contribution >= 4 is 28.9 Å². The zero-order valence-electron chi connectivity index (χ0n) is 11.5. The van der Waals surface area contributed by atoms with Crippen LogP contribution < -0.4 is 4.90 Å². The number of para-hydroxylation sites is 1. The van der Waals surface area contributed by atoms with Gasteiger partial charge in [-0.3, -0.25) is 0 Å². The molecule has 0 radical (unpaired) electrons. The summed E-state index contributed by atoms with van der Waals surface area (Å²) >= 11 is 12.4. The number of hydrogen-bond donors (Lipinski definition) is 0. The summed E-state index contributed by atoms with van der Waals surface area (Å²) in [6.07, 6.45) is 3.47. The summed E-state index contributed by atoms with van der Waals surface area (Å²) in [5.74, 6) is 0.509. The third-order valence-corrected chi connectivity index (χ3v) is 3.97. The van der Waals surface area contributed by atoms with Crippen molar-refractivity contribution in [2.45, 2.75) is 52.0 Å². The van der Waals surface area contributed by atoms with Gasteiger partial charge in [0.1, 0.15) is 0 Å². The lowest BCUT2D eigenvalue weighted by molar-refractivity contribution is 0.594. The Bertz CT molecular complexity index is 366. The fraction of sp³-hybridized carbons (Fsp3) is 0.600. The third kappa shape index (κ3) is 3.80. The lowest BCUT2D eigenvalue weighted by atomic mass is 10.1. The predicted molar refractivity (Wildman–Crippen MR) is 83.0 cm³/mol. The number of unbranched alkanes of at least 4 members (excludes halogenated alkanes) is 1. The minimum Gasteiger partial charge on any atom is -0.367 e. The highest BCUT2D eigenvalue weighted by atomic mass is 35.5. The first kappa shape index (κ1) is 15.7. The molecule has 1 unspecified atom stereocenters. The Morgan fingerprint density at radius 1 is 1.28 bits per heavy atom. The average molecular weight is 288 g/mol. The summed E-state index contributed by atoms with van der Waals surface area (Å²) in [7, 11) is 0. The van der Waals surface area contributed by atoms with Crippen molar-refractivity contribution in [3.63, 3.8) is 0 Å². The normalized spacial score (nSPS) is 12.5. The molecule has 0 aromatic heterocycles. The van der Waals surface area contributed by atoms with Crippen LogP contribution in [0, 0.1) is 0 Å². The summed E-state index contributed by atoms with van der Waals surface area (Å²) in [6, 6.07) is 6.47. The minimum atomic E-state index is 0.485. The van der Waals surface area contributed by atoms with Crippen LogP contribution in [0.4, 0.5) is 5.69 Å². The summed E-state index contributed by atoms with van der Waals surface area (Å²) in [6.45, 7) is 7.71. The van der Waals surface area contributed by atoms with Gasteiger partial charge in [-0.05, 0) is 31.4 Å². The Balaban J connectivity index is 3.10. The Hall–Kier alpha value is -0.400. The number of alkyl halides is 1. The molecule has 0 amide bonds. The van der Waals surface area contributed by atoms with E-state index in [1.54, 1.807) is 0 Å². The van der Waals surface area contributed by atoms with Crippen LogP contribution >= 0.6 is 23.2 Å². The maximum Gasteiger partial charge on any atom is 0.0642 e. The van der Waals surface area contributed by atoms with Gasteiger partial charge in [0.25, 0.3) is 0 Å². The molecule has 3 heteroatoms. The van der Waals surface area contributed by atoms with E-state index in [1.807, 2.05) is 12.1 Å². The highest BCUT2D eigenvalue weighted by molar-refractivity contribution is 6.33. The van der Waals surface area contributed by atoms with Crippen LogP contribution in [-0.4, -0.2) is 12.6 Å². The molecule has 0 N–H and O–H groups in total. The predicted octanol–water partition coefficient (Wildman–Crippen LogP) is 5.48. The molecule has 0 saturated carbocycles. The van der Waals surface area contributed by atoms with Crippen molar-refractivity contribution in [3.8, 4) is 0 Å². The molecule has 1 nitrogen and oxygen atoms in total. The lowest BCUT2D eigenvalue weighted by Crippen LogP contribution is -2.34. The van der Waals surface area contributed by atoms with Crippen molar-refractivity contribution in [1.82, 2.24) is 0 Å². The van der Waals surface area contributed by atoms with Crippen LogP contribution in [0.25, 0.3) is 0 Å². The topological polar surface area (TPSA) is 3.24 Å². The van der Waals surface area contributed by atoms with E-state index in [0.29, 0.717) is 11.9 Å². The van der Waals surface area contributed by atoms with E-state index in [-0.39, 0.29) is 0 Å². The van der Waals surface area contributed by atoms with E-state index >= 15 is 0 Å². The van der Waals surface area contributed by atoms with Crippen molar-refractivity contribution < 1.29 is 0 Å². The molecule has 0 heterocycles. The van der Waals surface area contributed by atoms with Gasteiger partial charge in [-0.25, -0.2) is 0 Å². The summed E-state index contributed by atoms with van der Waals surface area (Å²) in [5, 5.41) is 0.810.